The largest absolute Gasteiger partial charge is 0.322 e. The molecule has 0 bridgehead atoms. The standard InChI is InChI=1S/C20H38NO2PS2/c1-6-13-22-24(21(14(2)3)15(4)5)23-20-16-9-7-11-18(16)25-26-19-12-8-10-17(19)20/h14-20H,6-13H2,1-5H3. The average molecular weight is 420 g/mol. The third-order valence-corrected chi connectivity index (χ3v) is 11.7. The summed E-state index contributed by atoms with van der Waals surface area (Å²) >= 11 is 0. The first-order chi connectivity index (χ1) is 12.5. The van der Waals surface area contributed by atoms with E-state index in [1.807, 2.05) is 0 Å². The van der Waals surface area contributed by atoms with Gasteiger partial charge in [-0.05, 0) is 71.6 Å². The fourth-order valence-corrected chi connectivity index (χ4v) is 10.8. The Labute approximate surface area is 170 Å². The van der Waals surface area contributed by atoms with Crippen LogP contribution in [0.1, 0.15) is 79.6 Å². The monoisotopic (exact) mass is 419 g/mol. The first kappa shape index (κ1) is 21.7. The maximum absolute atomic E-state index is 7.03. The minimum Gasteiger partial charge on any atom is -0.322 e. The highest BCUT2D eigenvalue weighted by Crippen LogP contribution is 2.59. The Morgan fingerprint density at radius 3 is 1.92 bits per heavy atom. The van der Waals surface area contributed by atoms with Gasteiger partial charge in [0.2, 0.25) is 0 Å². The van der Waals surface area contributed by atoms with Crippen LogP contribution >= 0.6 is 30.1 Å². The summed E-state index contributed by atoms with van der Waals surface area (Å²) in [6, 6.07) is 0.900. The summed E-state index contributed by atoms with van der Waals surface area (Å²) in [7, 11) is 3.40. The Morgan fingerprint density at radius 1 is 0.923 bits per heavy atom. The maximum atomic E-state index is 7.03. The summed E-state index contributed by atoms with van der Waals surface area (Å²) < 4.78 is 15.9. The summed E-state index contributed by atoms with van der Waals surface area (Å²) in [5, 5.41) is 1.59. The van der Waals surface area contributed by atoms with Crippen LogP contribution in [0.2, 0.25) is 0 Å². The van der Waals surface area contributed by atoms with Crippen molar-refractivity contribution in [2.45, 2.75) is 108 Å². The van der Waals surface area contributed by atoms with Gasteiger partial charge in [0.1, 0.15) is 0 Å². The van der Waals surface area contributed by atoms with Gasteiger partial charge in [-0.1, -0.05) is 41.4 Å². The molecule has 0 aromatic heterocycles. The molecule has 0 spiro atoms. The molecule has 3 rings (SSSR count). The van der Waals surface area contributed by atoms with Crippen molar-refractivity contribution < 1.29 is 9.05 Å². The number of hydrogen-bond acceptors (Lipinski definition) is 5. The lowest BCUT2D eigenvalue weighted by molar-refractivity contribution is 0.0573. The van der Waals surface area contributed by atoms with Gasteiger partial charge in [0.15, 0.2) is 0 Å². The molecular weight excluding hydrogens is 381 g/mol. The van der Waals surface area contributed by atoms with Crippen LogP contribution in [-0.4, -0.2) is 40.0 Å². The predicted octanol–water partition coefficient (Wildman–Crippen LogP) is 6.88. The Kier molecular flexibility index (Phi) is 8.49. The van der Waals surface area contributed by atoms with E-state index in [2.05, 4.69) is 60.9 Å². The SMILES string of the molecule is CCCOP(OC1C2CCCC2SSC2CCCC21)N(C(C)C)C(C)C. The topological polar surface area (TPSA) is 21.7 Å². The van der Waals surface area contributed by atoms with Crippen LogP contribution in [0.4, 0.5) is 0 Å². The van der Waals surface area contributed by atoms with Gasteiger partial charge in [-0.25, -0.2) is 4.67 Å². The van der Waals surface area contributed by atoms with Gasteiger partial charge in [0, 0.05) is 22.6 Å². The van der Waals surface area contributed by atoms with Crippen LogP contribution in [0.15, 0.2) is 0 Å². The molecule has 1 saturated heterocycles. The molecule has 3 fully saturated rings. The number of fused-ring (bicyclic) bond motifs is 2. The molecule has 1 aliphatic heterocycles. The van der Waals surface area contributed by atoms with E-state index < -0.39 is 8.53 Å². The van der Waals surface area contributed by atoms with E-state index in [0.717, 1.165) is 35.4 Å². The van der Waals surface area contributed by atoms with Crippen molar-refractivity contribution in [3.63, 3.8) is 0 Å². The van der Waals surface area contributed by atoms with Gasteiger partial charge in [0.25, 0.3) is 8.53 Å². The fourth-order valence-electron chi connectivity index (χ4n) is 4.92. The zero-order valence-corrected chi connectivity index (χ0v) is 19.8. The molecule has 5 atom stereocenters. The summed E-state index contributed by atoms with van der Waals surface area (Å²) in [5.41, 5.74) is 0. The van der Waals surface area contributed by atoms with E-state index in [9.17, 15) is 0 Å². The van der Waals surface area contributed by atoms with E-state index in [1.165, 1.54) is 38.5 Å². The van der Waals surface area contributed by atoms with E-state index >= 15 is 0 Å². The molecule has 0 radical (unpaired) electrons. The molecule has 0 N–H and O–H groups in total. The molecule has 1 heterocycles. The molecule has 6 heteroatoms. The number of hydrogen-bond donors (Lipinski definition) is 0. The van der Waals surface area contributed by atoms with Crippen molar-refractivity contribution in [1.82, 2.24) is 4.67 Å². The van der Waals surface area contributed by atoms with Crippen LogP contribution in [-0.2, 0) is 9.05 Å². The van der Waals surface area contributed by atoms with Gasteiger partial charge in [-0.3, -0.25) is 0 Å². The molecule has 0 aromatic rings. The van der Waals surface area contributed by atoms with Crippen molar-refractivity contribution in [1.29, 1.82) is 0 Å². The van der Waals surface area contributed by atoms with Gasteiger partial charge < -0.3 is 9.05 Å². The zero-order valence-electron chi connectivity index (χ0n) is 17.2. The highest BCUT2D eigenvalue weighted by molar-refractivity contribution is 8.77. The Hall–Kier alpha value is 1.01. The second-order valence-corrected chi connectivity index (χ2v) is 12.8. The van der Waals surface area contributed by atoms with Gasteiger partial charge in [-0.2, -0.15) is 0 Å². The summed E-state index contributed by atoms with van der Waals surface area (Å²) in [4.78, 5) is 0. The summed E-state index contributed by atoms with van der Waals surface area (Å²) in [5.74, 6) is 1.47. The average Bonchev–Trinajstić information content (AvgIpc) is 3.21. The molecule has 5 unspecified atom stereocenters. The summed E-state index contributed by atoms with van der Waals surface area (Å²) in [6.45, 7) is 12.1. The van der Waals surface area contributed by atoms with Crippen molar-refractivity contribution in [2.24, 2.45) is 11.8 Å². The van der Waals surface area contributed by atoms with Gasteiger partial charge in [0.05, 0.1) is 12.7 Å². The van der Waals surface area contributed by atoms with Crippen molar-refractivity contribution in [3.05, 3.63) is 0 Å². The van der Waals surface area contributed by atoms with Crippen LogP contribution < -0.4 is 0 Å². The molecule has 2 saturated carbocycles. The predicted molar refractivity (Wildman–Crippen MR) is 118 cm³/mol. The zero-order chi connectivity index (χ0) is 18.7. The highest BCUT2D eigenvalue weighted by Gasteiger charge is 2.48. The lowest BCUT2D eigenvalue weighted by Crippen LogP contribution is -2.39. The molecule has 3 nitrogen and oxygen atoms in total. The van der Waals surface area contributed by atoms with E-state index in [-0.39, 0.29) is 0 Å². The third kappa shape index (κ3) is 4.94. The molecule has 152 valence electrons. The van der Waals surface area contributed by atoms with Crippen molar-refractivity contribution >= 4 is 30.1 Å². The Bertz CT molecular complexity index is 410. The van der Waals surface area contributed by atoms with Crippen LogP contribution in [0, 0.1) is 11.8 Å². The molecular formula is C20H38NO2PS2. The van der Waals surface area contributed by atoms with Crippen molar-refractivity contribution in [2.75, 3.05) is 6.61 Å². The first-order valence-corrected chi connectivity index (χ1v) is 14.1. The number of rotatable bonds is 8. The Balaban J connectivity index is 1.81. The first-order valence-electron chi connectivity index (χ1n) is 10.7. The molecule has 0 aromatic carbocycles. The molecule has 0 amide bonds. The quantitative estimate of drug-likeness (QED) is 0.315. The maximum Gasteiger partial charge on any atom is 0.259 e. The van der Waals surface area contributed by atoms with Crippen LogP contribution in [0.5, 0.6) is 0 Å². The lowest BCUT2D eigenvalue weighted by atomic mass is 9.88. The normalized spacial score (nSPS) is 35.8. The summed E-state index contributed by atoms with van der Waals surface area (Å²) in [6.07, 6.45) is 9.69. The molecule has 3 aliphatic rings. The van der Waals surface area contributed by atoms with E-state index in [1.54, 1.807) is 0 Å². The molecule has 26 heavy (non-hydrogen) atoms. The van der Waals surface area contributed by atoms with Gasteiger partial charge >= 0.3 is 0 Å². The highest BCUT2D eigenvalue weighted by atomic mass is 33.1. The number of nitrogens with zero attached hydrogens (tertiary/aromatic N) is 1. The molecule has 2 aliphatic carbocycles. The Morgan fingerprint density at radius 2 is 1.46 bits per heavy atom. The van der Waals surface area contributed by atoms with E-state index in [0.29, 0.717) is 18.2 Å². The van der Waals surface area contributed by atoms with E-state index in [4.69, 9.17) is 9.05 Å². The van der Waals surface area contributed by atoms with Crippen LogP contribution in [0.3, 0.4) is 0 Å². The second kappa shape index (κ2) is 10.2. The minimum absolute atomic E-state index is 0.403. The van der Waals surface area contributed by atoms with Crippen LogP contribution in [0.25, 0.3) is 0 Å². The third-order valence-electron chi connectivity index (χ3n) is 6.02. The smallest absolute Gasteiger partial charge is 0.259 e. The lowest BCUT2D eigenvalue weighted by Gasteiger charge is -2.40. The fraction of sp³-hybridized carbons (Fsp3) is 1.00. The minimum atomic E-state index is -0.976. The van der Waals surface area contributed by atoms with Crippen molar-refractivity contribution in [3.8, 4) is 0 Å². The van der Waals surface area contributed by atoms with Gasteiger partial charge in [-0.15, -0.1) is 0 Å². The second-order valence-electron chi connectivity index (χ2n) is 8.67.